The second-order valence-corrected chi connectivity index (χ2v) is 4.85. The summed E-state index contributed by atoms with van der Waals surface area (Å²) in [5.74, 6) is 1.66. The Labute approximate surface area is 100 Å². The molecule has 2 aromatic rings. The standard InChI is InChI=1S/C13H18FN3/c1-8(2)9(3)7-15-13-16-11-5-4-10(14)6-12(11)17-13/h4-6,8-9H,7H2,1-3H3,(H2,15,16,17). The first-order valence-corrected chi connectivity index (χ1v) is 5.95. The van der Waals surface area contributed by atoms with Gasteiger partial charge in [0.2, 0.25) is 5.95 Å². The Hall–Kier alpha value is -1.58. The monoisotopic (exact) mass is 235 g/mol. The average Bonchev–Trinajstić information content (AvgIpc) is 2.67. The van der Waals surface area contributed by atoms with Crippen molar-refractivity contribution in [2.24, 2.45) is 11.8 Å². The summed E-state index contributed by atoms with van der Waals surface area (Å²) in [6.45, 7) is 7.45. The van der Waals surface area contributed by atoms with Crippen LogP contribution >= 0.6 is 0 Å². The van der Waals surface area contributed by atoms with Gasteiger partial charge in [-0.2, -0.15) is 0 Å². The van der Waals surface area contributed by atoms with Gasteiger partial charge in [-0.15, -0.1) is 0 Å². The third-order valence-electron chi connectivity index (χ3n) is 3.17. The van der Waals surface area contributed by atoms with E-state index in [0.717, 1.165) is 17.6 Å². The van der Waals surface area contributed by atoms with Gasteiger partial charge < -0.3 is 10.3 Å². The molecule has 3 nitrogen and oxygen atoms in total. The van der Waals surface area contributed by atoms with Crippen LogP contribution in [0.1, 0.15) is 20.8 Å². The summed E-state index contributed by atoms with van der Waals surface area (Å²) in [4.78, 5) is 7.42. The number of hydrogen-bond acceptors (Lipinski definition) is 2. The van der Waals surface area contributed by atoms with E-state index in [9.17, 15) is 4.39 Å². The van der Waals surface area contributed by atoms with Crippen LogP contribution in [0.15, 0.2) is 18.2 Å². The van der Waals surface area contributed by atoms with Gasteiger partial charge in [-0.25, -0.2) is 9.37 Å². The molecule has 17 heavy (non-hydrogen) atoms. The first-order chi connectivity index (χ1) is 8.06. The third kappa shape index (κ3) is 2.75. The minimum atomic E-state index is -0.247. The predicted octanol–water partition coefficient (Wildman–Crippen LogP) is 3.41. The molecule has 0 saturated heterocycles. The molecule has 2 N–H and O–H groups in total. The van der Waals surface area contributed by atoms with E-state index in [2.05, 4.69) is 36.1 Å². The van der Waals surface area contributed by atoms with Gasteiger partial charge in [0.1, 0.15) is 5.82 Å². The second kappa shape index (κ2) is 4.73. The highest BCUT2D eigenvalue weighted by Gasteiger charge is 2.08. The number of H-pyrrole nitrogens is 1. The number of anilines is 1. The van der Waals surface area contributed by atoms with Gasteiger partial charge in [0, 0.05) is 6.54 Å². The molecule has 1 unspecified atom stereocenters. The zero-order valence-electron chi connectivity index (χ0n) is 10.4. The SMILES string of the molecule is CC(C)C(C)CNc1nc2ccc(F)cc2[nH]1. The normalized spacial score (nSPS) is 13.2. The van der Waals surface area contributed by atoms with E-state index >= 15 is 0 Å². The molecule has 1 heterocycles. The molecule has 4 heteroatoms. The largest absolute Gasteiger partial charge is 0.356 e. The number of nitrogens with zero attached hydrogens (tertiary/aromatic N) is 1. The van der Waals surface area contributed by atoms with Crippen LogP contribution in [0, 0.1) is 17.7 Å². The van der Waals surface area contributed by atoms with Crippen molar-refractivity contribution in [1.29, 1.82) is 0 Å². The van der Waals surface area contributed by atoms with Crippen molar-refractivity contribution in [2.75, 3.05) is 11.9 Å². The number of benzene rings is 1. The molecule has 0 saturated carbocycles. The van der Waals surface area contributed by atoms with E-state index in [1.54, 1.807) is 6.07 Å². The van der Waals surface area contributed by atoms with Crippen molar-refractivity contribution < 1.29 is 4.39 Å². The van der Waals surface area contributed by atoms with Crippen molar-refractivity contribution in [3.05, 3.63) is 24.0 Å². The lowest BCUT2D eigenvalue weighted by Gasteiger charge is -2.15. The molecule has 0 fully saturated rings. The summed E-state index contributed by atoms with van der Waals surface area (Å²) in [7, 11) is 0. The second-order valence-electron chi connectivity index (χ2n) is 4.85. The van der Waals surface area contributed by atoms with E-state index in [1.165, 1.54) is 12.1 Å². The van der Waals surface area contributed by atoms with E-state index in [-0.39, 0.29) is 5.82 Å². The van der Waals surface area contributed by atoms with Gasteiger partial charge in [0.25, 0.3) is 0 Å². The predicted molar refractivity (Wildman–Crippen MR) is 68.5 cm³/mol. The smallest absolute Gasteiger partial charge is 0.201 e. The quantitative estimate of drug-likeness (QED) is 0.852. The molecule has 2 rings (SSSR count). The summed E-state index contributed by atoms with van der Waals surface area (Å²) >= 11 is 0. The Balaban J connectivity index is 2.09. The molecular formula is C13H18FN3. The number of nitrogens with one attached hydrogen (secondary N) is 2. The Kier molecular flexibility index (Phi) is 3.31. The van der Waals surface area contributed by atoms with Crippen LogP contribution in [0.5, 0.6) is 0 Å². The van der Waals surface area contributed by atoms with Crippen LogP contribution in [0.4, 0.5) is 10.3 Å². The molecular weight excluding hydrogens is 217 g/mol. The zero-order valence-corrected chi connectivity index (χ0v) is 10.4. The molecule has 92 valence electrons. The summed E-state index contributed by atoms with van der Waals surface area (Å²) in [5.41, 5.74) is 1.51. The first kappa shape index (κ1) is 11.9. The van der Waals surface area contributed by atoms with Gasteiger partial charge >= 0.3 is 0 Å². The Morgan fingerprint density at radius 2 is 2.12 bits per heavy atom. The van der Waals surface area contributed by atoms with Gasteiger partial charge in [-0.3, -0.25) is 0 Å². The molecule has 0 aliphatic rings. The molecule has 1 aromatic carbocycles. The summed E-state index contributed by atoms with van der Waals surface area (Å²) in [5, 5.41) is 3.25. The van der Waals surface area contributed by atoms with Crippen LogP contribution in [-0.4, -0.2) is 16.5 Å². The fourth-order valence-electron chi connectivity index (χ4n) is 1.56. The number of rotatable bonds is 4. The van der Waals surface area contributed by atoms with E-state index in [0.29, 0.717) is 17.8 Å². The fraction of sp³-hybridized carbons (Fsp3) is 0.462. The lowest BCUT2D eigenvalue weighted by atomic mass is 9.98. The maximum atomic E-state index is 13.0. The summed E-state index contributed by atoms with van der Waals surface area (Å²) < 4.78 is 13.0. The first-order valence-electron chi connectivity index (χ1n) is 5.95. The number of aromatic nitrogens is 2. The molecule has 1 atom stereocenters. The topological polar surface area (TPSA) is 40.7 Å². The minimum Gasteiger partial charge on any atom is -0.356 e. The Bertz CT molecular complexity index is 504. The van der Waals surface area contributed by atoms with Crippen molar-refractivity contribution in [2.45, 2.75) is 20.8 Å². The average molecular weight is 235 g/mol. The number of fused-ring (bicyclic) bond motifs is 1. The molecule has 0 amide bonds. The molecule has 0 bridgehead atoms. The minimum absolute atomic E-state index is 0.247. The Morgan fingerprint density at radius 1 is 1.35 bits per heavy atom. The van der Waals surface area contributed by atoms with Crippen LogP contribution in [-0.2, 0) is 0 Å². The number of aromatic amines is 1. The molecule has 0 radical (unpaired) electrons. The summed E-state index contributed by atoms with van der Waals surface area (Å²) in [6.07, 6.45) is 0. The van der Waals surface area contributed by atoms with Crippen LogP contribution < -0.4 is 5.32 Å². The maximum Gasteiger partial charge on any atom is 0.201 e. The Morgan fingerprint density at radius 3 is 2.82 bits per heavy atom. The summed E-state index contributed by atoms with van der Waals surface area (Å²) in [6, 6.07) is 4.56. The van der Waals surface area contributed by atoms with Crippen LogP contribution in [0.2, 0.25) is 0 Å². The maximum absolute atomic E-state index is 13.0. The number of imidazole rings is 1. The third-order valence-corrected chi connectivity index (χ3v) is 3.17. The van der Waals surface area contributed by atoms with E-state index in [4.69, 9.17) is 0 Å². The number of halogens is 1. The fourth-order valence-corrected chi connectivity index (χ4v) is 1.56. The molecule has 1 aromatic heterocycles. The lowest BCUT2D eigenvalue weighted by Crippen LogP contribution is -2.16. The van der Waals surface area contributed by atoms with Crippen molar-refractivity contribution in [3.63, 3.8) is 0 Å². The zero-order chi connectivity index (χ0) is 12.4. The molecule has 0 spiro atoms. The van der Waals surface area contributed by atoms with Gasteiger partial charge in [0.05, 0.1) is 11.0 Å². The highest BCUT2D eigenvalue weighted by molar-refractivity contribution is 5.77. The van der Waals surface area contributed by atoms with Crippen LogP contribution in [0.3, 0.4) is 0 Å². The highest BCUT2D eigenvalue weighted by atomic mass is 19.1. The number of hydrogen-bond donors (Lipinski definition) is 2. The van der Waals surface area contributed by atoms with E-state index < -0.39 is 0 Å². The van der Waals surface area contributed by atoms with E-state index in [1.807, 2.05) is 0 Å². The van der Waals surface area contributed by atoms with Gasteiger partial charge in [0.15, 0.2) is 0 Å². The van der Waals surface area contributed by atoms with Crippen molar-refractivity contribution in [3.8, 4) is 0 Å². The van der Waals surface area contributed by atoms with Crippen molar-refractivity contribution >= 4 is 17.0 Å². The van der Waals surface area contributed by atoms with Crippen LogP contribution in [0.25, 0.3) is 11.0 Å². The van der Waals surface area contributed by atoms with Gasteiger partial charge in [-0.1, -0.05) is 20.8 Å². The molecule has 0 aliphatic heterocycles. The highest BCUT2D eigenvalue weighted by Crippen LogP contribution is 2.16. The van der Waals surface area contributed by atoms with Crippen molar-refractivity contribution in [1.82, 2.24) is 9.97 Å². The lowest BCUT2D eigenvalue weighted by molar-refractivity contribution is 0.439. The molecule has 0 aliphatic carbocycles. The van der Waals surface area contributed by atoms with Gasteiger partial charge in [-0.05, 0) is 30.0 Å².